The first-order chi connectivity index (χ1) is 12.5. The molecule has 0 aromatic heterocycles. The van der Waals surface area contributed by atoms with E-state index >= 15 is 0 Å². The monoisotopic (exact) mass is 360 g/mol. The molecular formula is C20H32N4O2. The van der Waals surface area contributed by atoms with E-state index in [-0.39, 0.29) is 11.9 Å². The van der Waals surface area contributed by atoms with Crippen molar-refractivity contribution in [3.8, 4) is 0 Å². The van der Waals surface area contributed by atoms with Gasteiger partial charge in [0, 0.05) is 30.9 Å². The summed E-state index contributed by atoms with van der Waals surface area (Å²) < 4.78 is 0. The lowest BCUT2D eigenvalue weighted by Crippen LogP contribution is -2.34. The molecule has 1 heterocycles. The number of carbonyl (C=O) groups excluding carboxylic acids is 2. The minimum absolute atomic E-state index is 0.0177. The number of nitrogens with zero attached hydrogens (tertiary/aromatic N) is 2. The summed E-state index contributed by atoms with van der Waals surface area (Å²) in [5, 5.41) is 5.75. The Balaban J connectivity index is 1.74. The molecule has 1 aliphatic rings. The van der Waals surface area contributed by atoms with Crippen LogP contribution < -0.4 is 10.6 Å². The summed E-state index contributed by atoms with van der Waals surface area (Å²) in [6.45, 7) is 8.30. The SMILES string of the molecule is CCN(CC)C(=O)c1ccc(NC(=O)NCCC2CCN(C)CC2)cc1. The number of benzene rings is 1. The van der Waals surface area contributed by atoms with E-state index in [9.17, 15) is 9.59 Å². The van der Waals surface area contributed by atoms with Crippen LogP contribution >= 0.6 is 0 Å². The average molecular weight is 361 g/mol. The van der Waals surface area contributed by atoms with Crippen molar-refractivity contribution in [1.29, 1.82) is 0 Å². The summed E-state index contributed by atoms with van der Waals surface area (Å²) in [6, 6.07) is 6.87. The highest BCUT2D eigenvalue weighted by atomic mass is 16.2. The third kappa shape index (κ3) is 6.02. The van der Waals surface area contributed by atoms with Crippen molar-refractivity contribution in [2.75, 3.05) is 45.1 Å². The van der Waals surface area contributed by atoms with Crippen molar-refractivity contribution in [2.24, 2.45) is 5.92 Å². The molecule has 6 heteroatoms. The van der Waals surface area contributed by atoms with E-state index in [1.54, 1.807) is 29.2 Å². The summed E-state index contributed by atoms with van der Waals surface area (Å²) >= 11 is 0. The Morgan fingerprint density at radius 3 is 2.31 bits per heavy atom. The van der Waals surface area contributed by atoms with Gasteiger partial charge in [-0.25, -0.2) is 4.79 Å². The van der Waals surface area contributed by atoms with E-state index in [0.717, 1.165) is 19.5 Å². The Hall–Kier alpha value is -2.08. The van der Waals surface area contributed by atoms with Crippen molar-refractivity contribution in [1.82, 2.24) is 15.1 Å². The van der Waals surface area contributed by atoms with Gasteiger partial charge in [-0.15, -0.1) is 0 Å². The Morgan fingerprint density at radius 1 is 1.12 bits per heavy atom. The van der Waals surface area contributed by atoms with E-state index in [1.165, 1.54) is 12.8 Å². The maximum atomic E-state index is 12.3. The number of hydrogen-bond donors (Lipinski definition) is 2. The van der Waals surface area contributed by atoms with Crippen molar-refractivity contribution in [3.05, 3.63) is 29.8 Å². The summed E-state index contributed by atoms with van der Waals surface area (Å²) in [5.41, 5.74) is 1.33. The van der Waals surface area contributed by atoms with Gasteiger partial charge in [-0.3, -0.25) is 4.79 Å². The second kappa shape index (κ2) is 10.2. The van der Waals surface area contributed by atoms with Crippen LogP contribution in [-0.4, -0.2) is 61.5 Å². The molecule has 2 N–H and O–H groups in total. The molecule has 144 valence electrons. The minimum Gasteiger partial charge on any atom is -0.339 e. The molecule has 0 unspecified atom stereocenters. The first kappa shape index (κ1) is 20.2. The van der Waals surface area contributed by atoms with Gasteiger partial charge in [0.2, 0.25) is 0 Å². The first-order valence-electron chi connectivity index (χ1n) is 9.66. The fraction of sp³-hybridized carbons (Fsp3) is 0.600. The maximum absolute atomic E-state index is 12.3. The van der Waals surface area contributed by atoms with E-state index in [1.807, 2.05) is 13.8 Å². The molecule has 1 aliphatic heterocycles. The molecule has 0 saturated carbocycles. The number of piperidine rings is 1. The van der Waals surface area contributed by atoms with Crippen LogP contribution in [0.2, 0.25) is 0 Å². The Labute approximate surface area is 156 Å². The number of nitrogens with one attached hydrogen (secondary N) is 2. The lowest BCUT2D eigenvalue weighted by Gasteiger charge is -2.28. The normalized spacial score (nSPS) is 15.5. The summed E-state index contributed by atoms with van der Waals surface area (Å²) in [6.07, 6.45) is 3.45. The van der Waals surface area contributed by atoms with Crippen LogP contribution in [-0.2, 0) is 0 Å². The number of anilines is 1. The van der Waals surface area contributed by atoms with E-state index in [4.69, 9.17) is 0 Å². The topological polar surface area (TPSA) is 64.7 Å². The van der Waals surface area contributed by atoms with Gasteiger partial charge < -0.3 is 20.4 Å². The second-order valence-corrected chi connectivity index (χ2v) is 6.97. The fourth-order valence-corrected chi connectivity index (χ4v) is 3.31. The van der Waals surface area contributed by atoms with E-state index in [0.29, 0.717) is 36.8 Å². The molecule has 2 rings (SSSR count). The van der Waals surface area contributed by atoms with Crippen LogP contribution in [0, 0.1) is 5.92 Å². The van der Waals surface area contributed by atoms with Crippen molar-refractivity contribution >= 4 is 17.6 Å². The molecule has 0 bridgehead atoms. The molecule has 26 heavy (non-hydrogen) atoms. The van der Waals surface area contributed by atoms with Crippen molar-refractivity contribution in [3.63, 3.8) is 0 Å². The van der Waals surface area contributed by atoms with Crippen LogP contribution in [0.3, 0.4) is 0 Å². The number of rotatable bonds is 7. The molecular weight excluding hydrogens is 328 g/mol. The highest BCUT2D eigenvalue weighted by Crippen LogP contribution is 2.18. The van der Waals surface area contributed by atoms with Gasteiger partial charge in [-0.05, 0) is 83.4 Å². The van der Waals surface area contributed by atoms with Crippen LogP contribution in [0.15, 0.2) is 24.3 Å². The molecule has 6 nitrogen and oxygen atoms in total. The lowest BCUT2D eigenvalue weighted by molar-refractivity contribution is 0.0773. The second-order valence-electron chi connectivity index (χ2n) is 6.97. The van der Waals surface area contributed by atoms with Crippen LogP contribution in [0.4, 0.5) is 10.5 Å². The Morgan fingerprint density at radius 2 is 1.73 bits per heavy atom. The molecule has 0 aliphatic carbocycles. The van der Waals surface area contributed by atoms with Gasteiger partial charge in [-0.2, -0.15) is 0 Å². The van der Waals surface area contributed by atoms with Gasteiger partial charge in [-0.1, -0.05) is 0 Å². The predicted molar refractivity (Wildman–Crippen MR) is 106 cm³/mol. The lowest BCUT2D eigenvalue weighted by atomic mass is 9.94. The third-order valence-corrected chi connectivity index (χ3v) is 5.12. The van der Waals surface area contributed by atoms with E-state index in [2.05, 4.69) is 22.6 Å². The average Bonchev–Trinajstić information content (AvgIpc) is 2.65. The first-order valence-corrected chi connectivity index (χ1v) is 9.66. The highest BCUT2D eigenvalue weighted by molar-refractivity contribution is 5.95. The zero-order chi connectivity index (χ0) is 18.9. The number of urea groups is 1. The highest BCUT2D eigenvalue weighted by Gasteiger charge is 2.16. The number of carbonyl (C=O) groups is 2. The molecule has 0 atom stereocenters. The third-order valence-electron chi connectivity index (χ3n) is 5.12. The molecule has 1 saturated heterocycles. The quantitative estimate of drug-likeness (QED) is 0.785. The largest absolute Gasteiger partial charge is 0.339 e. The van der Waals surface area contributed by atoms with Gasteiger partial charge in [0.1, 0.15) is 0 Å². The van der Waals surface area contributed by atoms with E-state index < -0.39 is 0 Å². The van der Waals surface area contributed by atoms with Gasteiger partial charge in [0.15, 0.2) is 0 Å². The Bertz CT molecular complexity index is 576. The van der Waals surface area contributed by atoms with Gasteiger partial charge >= 0.3 is 6.03 Å². The van der Waals surface area contributed by atoms with Crippen molar-refractivity contribution < 1.29 is 9.59 Å². The zero-order valence-electron chi connectivity index (χ0n) is 16.3. The number of likely N-dealkylation sites (tertiary alicyclic amines) is 1. The van der Waals surface area contributed by atoms with Crippen molar-refractivity contribution in [2.45, 2.75) is 33.1 Å². The maximum Gasteiger partial charge on any atom is 0.319 e. The van der Waals surface area contributed by atoms with Crippen LogP contribution in [0.5, 0.6) is 0 Å². The molecule has 1 aromatic carbocycles. The summed E-state index contributed by atoms with van der Waals surface area (Å²) in [5.74, 6) is 0.723. The molecule has 0 spiro atoms. The number of hydrogen-bond acceptors (Lipinski definition) is 3. The van der Waals surface area contributed by atoms with Crippen LogP contribution in [0.1, 0.15) is 43.5 Å². The molecule has 0 radical (unpaired) electrons. The molecule has 3 amide bonds. The zero-order valence-corrected chi connectivity index (χ0v) is 16.3. The summed E-state index contributed by atoms with van der Waals surface area (Å²) in [4.78, 5) is 28.4. The minimum atomic E-state index is -0.194. The predicted octanol–water partition coefficient (Wildman–Crippen LogP) is 3.02. The number of amides is 3. The standard InChI is InChI=1S/C20H32N4O2/c1-4-24(5-2)19(25)17-6-8-18(9-7-17)22-20(26)21-13-10-16-11-14-23(3)15-12-16/h6-9,16H,4-5,10-15H2,1-3H3,(H2,21,22,26). The molecule has 1 aromatic rings. The smallest absolute Gasteiger partial charge is 0.319 e. The Kier molecular flexibility index (Phi) is 7.91. The van der Waals surface area contributed by atoms with Gasteiger partial charge in [0.25, 0.3) is 5.91 Å². The summed E-state index contributed by atoms with van der Waals surface area (Å²) in [7, 11) is 2.16. The molecule has 1 fully saturated rings. The fourth-order valence-electron chi connectivity index (χ4n) is 3.31. The van der Waals surface area contributed by atoms with Crippen LogP contribution in [0.25, 0.3) is 0 Å². The van der Waals surface area contributed by atoms with Gasteiger partial charge in [0.05, 0.1) is 0 Å².